The van der Waals surface area contributed by atoms with Crippen LogP contribution in [0.25, 0.3) is 0 Å². The number of carboxylic acids is 1. The first kappa shape index (κ1) is 17.7. The van der Waals surface area contributed by atoms with Crippen molar-refractivity contribution in [1.82, 2.24) is 4.90 Å². The molecule has 134 valence electrons. The van der Waals surface area contributed by atoms with Gasteiger partial charge in [-0.3, -0.25) is 14.4 Å². The molecule has 0 aromatic heterocycles. The van der Waals surface area contributed by atoms with E-state index in [1.165, 1.54) is 0 Å². The predicted molar refractivity (Wildman–Crippen MR) is 90.5 cm³/mol. The third-order valence-corrected chi connectivity index (χ3v) is 4.79. The molecule has 0 radical (unpaired) electrons. The van der Waals surface area contributed by atoms with Crippen LogP contribution in [0.15, 0.2) is 24.3 Å². The number of amides is 2. The summed E-state index contributed by atoms with van der Waals surface area (Å²) >= 11 is 6.15. The molecule has 2 atom stereocenters. The van der Waals surface area contributed by atoms with Gasteiger partial charge in [-0.05, 0) is 12.1 Å². The molecule has 0 aliphatic carbocycles. The number of para-hydroxylation sites is 1. The quantitative estimate of drug-likeness (QED) is 0.870. The molecule has 2 aliphatic rings. The van der Waals surface area contributed by atoms with Crippen molar-refractivity contribution in [3.05, 3.63) is 29.3 Å². The normalized spacial score (nSPS) is 23.8. The highest BCUT2D eigenvalue weighted by Gasteiger charge is 2.39. The number of carbonyl (C=O) groups is 3. The molecule has 2 heterocycles. The maximum Gasteiger partial charge on any atom is 0.306 e. The molecule has 2 saturated heterocycles. The third-order valence-electron chi connectivity index (χ3n) is 4.47. The Morgan fingerprint density at radius 1 is 1.28 bits per heavy atom. The standard InChI is InChI=1S/C17H19ClN2O5/c18-13-3-1-2-4-14(13)20-9-11(7-15(20)21)17(24)19-5-6-25-12(10-19)8-16(22)23/h1-4,11-12H,5-10H2,(H,22,23)/t11-,12-/m0/s1. The van der Waals surface area contributed by atoms with Crippen LogP contribution >= 0.6 is 11.6 Å². The van der Waals surface area contributed by atoms with Gasteiger partial charge in [0.1, 0.15) is 0 Å². The minimum Gasteiger partial charge on any atom is -0.481 e. The van der Waals surface area contributed by atoms with Crippen molar-refractivity contribution in [2.24, 2.45) is 5.92 Å². The Morgan fingerprint density at radius 2 is 2.04 bits per heavy atom. The average molecular weight is 367 g/mol. The lowest BCUT2D eigenvalue weighted by atomic mass is 10.1. The van der Waals surface area contributed by atoms with E-state index < -0.39 is 18.0 Å². The van der Waals surface area contributed by atoms with Gasteiger partial charge in [0.2, 0.25) is 11.8 Å². The van der Waals surface area contributed by atoms with E-state index in [1.807, 2.05) is 0 Å². The van der Waals surface area contributed by atoms with Gasteiger partial charge in [-0.25, -0.2) is 0 Å². The molecular formula is C17H19ClN2O5. The smallest absolute Gasteiger partial charge is 0.306 e. The van der Waals surface area contributed by atoms with Crippen LogP contribution in [0.1, 0.15) is 12.8 Å². The van der Waals surface area contributed by atoms with Crippen LogP contribution in [0.5, 0.6) is 0 Å². The second-order valence-electron chi connectivity index (χ2n) is 6.23. The highest BCUT2D eigenvalue weighted by atomic mass is 35.5. The van der Waals surface area contributed by atoms with Gasteiger partial charge in [-0.1, -0.05) is 23.7 Å². The molecule has 0 spiro atoms. The number of nitrogens with zero attached hydrogens (tertiary/aromatic N) is 2. The van der Waals surface area contributed by atoms with E-state index in [9.17, 15) is 14.4 Å². The first-order valence-electron chi connectivity index (χ1n) is 8.12. The molecule has 0 unspecified atom stereocenters. The largest absolute Gasteiger partial charge is 0.481 e. The van der Waals surface area contributed by atoms with Crippen molar-refractivity contribution in [2.75, 3.05) is 31.1 Å². The number of carbonyl (C=O) groups excluding carboxylic acids is 2. The summed E-state index contributed by atoms with van der Waals surface area (Å²) in [5.74, 6) is -1.68. The molecule has 0 bridgehead atoms. The molecule has 7 nitrogen and oxygen atoms in total. The van der Waals surface area contributed by atoms with Crippen molar-refractivity contribution in [2.45, 2.75) is 18.9 Å². The lowest BCUT2D eigenvalue weighted by Gasteiger charge is -2.33. The summed E-state index contributed by atoms with van der Waals surface area (Å²) in [5.41, 5.74) is 0.607. The fourth-order valence-corrected chi connectivity index (χ4v) is 3.51. The van der Waals surface area contributed by atoms with Gasteiger partial charge in [-0.15, -0.1) is 0 Å². The zero-order valence-corrected chi connectivity index (χ0v) is 14.3. The average Bonchev–Trinajstić information content (AvgIpc) is 2.96. The fraction of sp³-hybridized carbons (Fsp3) is 0.471. The minimum absolute atomic E-state index is 0.130. The van der Waals surface area contributed by atoms with E-state index >= 15 is 0 Å². The summed E-state index contributed by atoms with van der Waals surface area (Å²) in [6, 6.07) is 7.04. The number of benzene rings is 1. The zero-order chi connectivity index (χ0) is 18.0. The van der Waals surface area contributed by atoms with Crippen molar-refractivity contribution < 1.29 is 24.2 Å². The summed E-state index contributed by atoms with van der Waals surface area (Å²) in [7, 11) is 0. The second kappa shape index (κ2) is 7.41. The number of carboxylic acid groups (broad SMARTS) is 1. The van der Waals surface area contributed by atoms with Crippen molar-refractivity contribution in [1.29, 1.82) is 0 Å². The molecule has 0 saturated carbocycles. The monoisotopic (exact) mass is 366 g/mol. The fourth-order valence-electron chi connectivity index (χ4n) is 3.27. The SMILES string of the molecule is O=C(O)C[C@H]1CN(C(=O)[C@H]2CC(=O)N(c3ccccc3Cl)C2)CCO1. The molecule has 1 aromatic rings. The Labute approximate surface area is 150 Å². The van der Waals surface area contributed by atoms with Crippen molar-refractivity contribution in [3.63, 3.8) is 0 Å². The van der Waals surface area contributed by atoms with E-state index in [1.54, 1.807) is 34.1 Å². The van der Waals surface area contributed by atoms with Gasteiger partial charge in [0, 0.05) is 26.1 Å². The van der Waals surface area contributed by atoms with Crippen LogP contribution in [-0.4, -0.2) is 60.1 Å². The number of rotatable bonds is 4. The number of hydrogen-bond donors (Lipinski definition) is 1. The molecule has 25 heavy (non-hydrogen) atoms. The Balaban J connectivity index is 1.66. The molecule has 8 heteroatoms. The Kier molecular flexibility index (Phi) is 5.24. The summed E-state index contributed by atoms with van der Waals surface area (Å²) < 4.78 is 5.39. The van der Waals surface area contributed by atoms with Crippen LogP contribution < -0.4 is 4.90 Å². The lowest BCUT2D eigenvalue weighted by molar-refractivity contribution is -0.149. The topological polar surface area (TPSA) is 87.2 Å². The van der Waals surface area contributed by atoms with Gasteiger partial charge in [0.15, 0.2) is 0 Å². The summed E-state index contributed by atoms with van der Waals surface area (Å²) in [6.45, 7) is 1.23. The summed E-state index contributed by atoms with van der Waals surface area (Å²) in [6.07, 6.45) is -0.517. The molecule has 1 aromatic carbocycles. The molecule has 2 amide bonds. The highest BCUT2D eigenvalue weighted by Crippen LogP contribution is 2.31. The van der Waals surface area contributed by atoms with E-state index in [0.717, 1.165) is 0 Å². The number of ether oxygens (including phenoxy) is 1. The van der Waals surface area contributed by atoms with Gasteiger partial charge >= 0.3 is 5.97 Å². The molecule has 2 fully saturated rings. The van der Waals surface area contributed by atoms with Crippen LogP contribution in [0.2, 0.25) is 5.02 Å². The maximum atomic E-state index is 12.8. The predicted octanol–water partition coefficient (Wildman–Crippen LogP) is 1.39. The van der Waals surface area contributed by atoms with E-state index in [-0.39, 0.29) is 37.7 Å². The van der Waals surface area contributed by atoms with Gasteiger partial charge in [-0.2, -0.15) is 0 Å². The maximum absolute atomic E-state index is 12.8. The number of morpholine rings is 1. The third kappa shape index (κ3) is 3.93. The van der Waals surface area contributed by atoms with Gasteiger partial charge in [0.05, 0.1) is 35.8 Å². The highest BCUT2D eigenvalue weighted by molar-refractivity contribution is 6.33. The van der Waals surface area contributed by atoms with Crippen LogP contribution in [-0.2, 0) is 19.1 Å². The molecular weight excluding hydrogens is 348 g/mol. The lowest BCUT2D eigenvalue weighted by Crippen LogP contribution is -2.48. The van der Waals surface area contributed by atoms with E-state index in [4.69, 9.17) is 21.4 Å². The number of anilines is 1. The first-order chi connectivity index (χ1) is 12.0. The summed E-state index contributed by atoms with van der Waals surface area (Å²) in [4.78, 5) is 39.1. The number of hydrogen-bond acceptors (Lipinski definition) is 4. The molecule has 1 N–H and O–H groups in total. The van der Waals surface area contributed by atoms with E-state index in [0.29, 0.717) is 23.9 Å². The van der Waals surface area contributed by atoms with Crippen LogP contribution in [0.4, 0.5) is 5.69 Å². The first-order valence-corrected chi connectivity index (χ1v) is 8.50. The van der Waals surface area contributed by atoms with Crippen molar-refractivity contribution in [3.8, 4) is 0 Å². The molecule has 3 rings (SSSR count). The number of halogens is 1. The Morgan fingerprint density at radius 3 is 2.76 bits per heavy atom. The van der Waals surface area contributed by atoms with E-state index in [2.05, 4.69) is 0 Å². The number of aliphatic carboxylic acids is 1. The van der Waals surface area contributed by atoms with Gasteiger partial charge in [0.25, 0.3) is 0 Å². The Hall–Kier alpha value is -2.12. The van der Waals surface area contributed by atoms with Crippen LogP contribution in [0, 0.1) is 5.92 Å². The minimum atomic E-state index is -0.958. The van der Waals surface area contributed by atoms with Crippen LogP contribution in [0.3, 0.4) is 0 Å². The van der Waals surface area contributed by atoms with Gasteiger partial charge < -0.3 is 19.6 Å². The summed E-state index contributed by atoms with van der Waals surface area (Å²) in [5, 5.41) is 9.35. The second-order valence-corrected chi connectivity index (χ2v) is 6.64. The molecule has 2 aliphatic heterocycles. The zero-order valence-electron chi connectivity index (χ0n) is 13.6. The van der Waals surface area contributed by atoms with Crippen molar-refractivity contribution >= 4 is 35.1 Å². The Bertz CT molecular complexity index is 695.